The molecule has 1 saturated heterocycles. The molecule has 0 saturated carbocycles. The fourth-order valence-electron chi connectivity index (χ4n) is 3.69. The van der Waals surface area contributed by atoms with Gasteiger partial charge in [-0.2, -0.15) is 0 Å². The highest BCUT2D eigenvalue weighted by Crippen LogP contribution is 2.26. The Morgan fingerprint density at radius 3 is 2.32 bits per heavy atom. The molecule has 0 aromatic heterocycles. The van der Waals surface area contributed by atoms with Gasteiger partial charge in [-0.05, 0) is 48.6 Å². The van der Waals surface area contributed by atoms with Crippen molar-refractivity contribution in [2.75, 3.05) is 18.4 Å². The molecule has 1 heterocycles. The van der Waals surface area contributed by atoms with Gasteiger partial charge in [-0.3, -0.25) is 9.59 Å². The molecule has 4 rings (SSSR count). The molecule has 1 aliphatic heterocycles. The summed E-state index contributed by atoms with van der Waals surface area (Å²) in [6, 6.07) is 21.4. The molecule has 1 aliphatic rings. The summed E-state index contributed by atoms with van der Waals surface area (Å²) in [5.74, 6) is -0.0135. The summed E-state index contributed by atoms with van der Waals surface area (Å²) in [6.45, 7) is 1.20. The molecule has 0 atom stereocenters. The van der Waals surface area contributed by atoms with E-state index in [2.05, 4.69) is 21.2 Å². The molecule has 1 fully saturated rings. The van der Waals surface area contributed by atoms with Crippen LogP contribution >= 0.6 is 15.9 Å². The molecule has 4 nitrogen and oxygen atoms in total. The Morgan fingerprint density at radius 2 is 1.57 bits per heavy atom. The summed E-state index contributed by atoms with van der Waals surface area (Å²) in [4.78, 5) is 27.2. The zero-order valence-electron chi connectivity index (χ0n) is 15.4. The maximum absolute atomic E-state index is 12.8. The van der Waals surface area contributed by atoms with Crippen LogP contribution in [0.5, 0.6) is 0 Å². The van der Waals surface area contributed by atoms with Crippen molar-refractivity contribution in [1.82, 2.24) is 4.90 Å². The lowest BCUT2D eigenvalue weighted by Gasteiger charge is -2.31. The van der Waals surface area contributed by atoms with Gasteiger partial charge in [0.15, 0.2) is 0 Å². The van der Waals surface area contributed by atoms with Crippen molar-refractivity contribution in [1.29, 1.82) is 0 Å². The number of likely N-dealkylation sites (tertiary alicyclic amines) is 1. The Morgan fingerprint density at radius 1 is 0.893 bits per heavy atom. The van der Waals surface area contributed by atoms with Gasteiger partial charge in [0.1, 0.15) is 0 Å². The van der Waals surface area contributed by atoms with E-state index in [1.165, 1.54) is 0 Å². The molecule has 0 radical (unpaired) electrons. The number of anilines is 1. The maximum atomic E-state index is 12.8. The number of carbonyl (C=O) groups excluding carboxylic acids is 2. The SMILES string of the molecule is O=C(Nc1cccc2ccccc12)C1CCN(C(=O)c2ccc(Br)cc2)CC1. The fourth-order valence-corrected chi connectivity index (χ4v) is 3.95. The topological polar surface area (TPSA) is 49.4 Å². The molecular weight excluding hydrogens is 416 g/mol. The Hall–Kier alpha value is -2.66. The van der Waals surface area contributed by atoms with Crippen LogP contribution in [0.1, 0.15) is 23.2 Å². The van der Waals surface area contributed by atoms with E-state index in [0.29, 0.717) is 31.5 Å². The van der Waals surface area contributed by atoms with E-state index in [1.807, 2.05) is 71.6 Å². The van der Waals surface area contributed by atoms with E-state index < -0.39 is 0 Å². The summed E-state index contributed by atoms with van der Waals surface area (Å²) >= 11 is 3.39. The average Bonchev–Trinajstić information content (AvgIpc) is 2.74. The first-order valence-electron chi connectivity index (χ1n) is 9.45. The van der Waals surface area contributed by atoms with E-state index in [-0.39, 0.29) is 17.7 Å². The van der Waals surface area contributed by atoms with Crippen LogP contribution in [0.25, 0.3) is 10.8 Å². The zero-order chi connectivity index (χ0) is 19.5. The summed E-state index contributed by atoms with van der Waals surface area (Å²) in [5, 5.41) is 5.24. The van der Waals surface area contributed by atoms with Crippen LogP contribution in [-0.4, -0.2) is 29.8 Å². The first-order valence-corrected chi connectivity index (χ1v) is 10.2. The van der Waals surface area contributed by atoms with Gasteiger partial charge in [-0.25, -0.2) is 0 Å². The Labute approximate surface area is 172 Å². The van der Waals surface area contributed by atoms with Crippen LogP contribution in [0, 0.1) is 5.92 Å². The number of carbonyl (C=O) groups is 2. The number of nitrogens with zero attached hydrogens (tertiary/aromatic N) is 1. The smallest absolute Gasteiger partial charge is 0.253 e. The predicted molar refractivity (Wildman–Crippen MR) is 115 cm³/mol. The number of amides is 2. The molecular formula is C23H21BrN2O2. The molecule has 0 bridgehead atoms. The lowest BCUT2D eigenvalue weighted by atomic mass is 9.95. The molecule has 5 heteroatoms. The van der Waals surface area contributed by atoms with E-state index in [4.69, 9.17) is 0 Å². The quantitative estimate of drug-likeness (QED) is 0.621. The molecule has 1 N–H and O–H groups in total. The number of piperidine rings is 1. The molecule has 0 aliphatic carbocycles. The number of benzene rings is 3. The number of rotatable bonds is 3. The monoisotopic (exact) mass is 436 g/mol. The fraction of sp³-hybridized carbons (Fsp3) is 0.217. The van der Waals surface area contributed by atoms with E-state index in [1.54, 1.807) is 0 Å². The van der Waals surface area contributed by atoms with Crippen LogP contribution in [-0.2, 0) is 4.79 Å². The number of hydrogen-bond acceptors (Lipinski definition) is 2. The van der Waals surface area contributed by atoms with Gasteiger partial charge in [0.25, 0.3) is 5.91 Å². The van der Waals surface area contributed by atoms with E-state index in [0.717, 1.165) is 20.9 Å². The van der Waals surface area contributed by atoms with Crippen molar-refractivity contribution in [3.63, 3.8) is 0 Å². The van der Waals surface area contributed by atoms with Crippen molar-refractivity contribution < 1.29 is 9.59 Å². The van der Waals surface area contributed by atoms with Crippen LogP contribution in [0.3, 0.4) is 0 Å². The minimum Gasteiger partial charge on any atom is -0.339 e. The van der Waals surface area contributed by atoms with Gasteiger partial charge >= 0.3 is 0 Å². The summed E-state index contributed by atoms with van der Waals surface area (Å²) in [7, 11) is 0. The third-order valence-electron chi connectivity index (χ3n) is 5.29. The van der Waals surface area contributed by atoms with Gasteiger partial charge in [0.2, 0.25) is 5.91 Å². The van der Waals surface area contributed by atoms with Gasteiger partial charge < -0.3 is 10.2 Å². The molecule has 28 heavy (non-hydrogen) atoms. The van der Waals surface area contributed by atoms with Crippen molar-refractivity contribution in [3.05, 3.63) is 76.8 Å². The molecule has 3 aromatic carbocycles. The minimum atomic E-state index is -0.0760. The Kier molecular flexibility index (Phi) is 5.44. The second kappa shape index (κ2) is 8.15. The standard InChI is InChI=1S/C23H21BrN2O2/c24-19-10-8-18(9-11-19)23(28)26-14-12-17(13-15-26)22(27)25-21-7-3-5-16-4-1-2-6-20(16)21/h1-11,17H,12-15H2,(H,25,27). The van der Waals surface area contributed by atoms with Crippen molar-refractivity contribution in [2.45, 2.75) is 12.8 Å². The minimum absolute atomic E-state index is 0.0282. The zero-order valence-corrected chi connectivity index (χ0v) is 17.0. The normalized spacial score (nSPS) is 14.8. The highest BCUT2D eigenvalue weighted by Gasteiger charge is 2.28. The third kappa shape index (κ3) is 3.94. The van der Waals surface area contributed by atoms with Crippen molar-refractivity contribution in [2.24, 2.45) is 5.92 Å². The summed E-state index contributed by atoms with van der Waals surface area (Å²) in [5.41, 5.74) is 1.53. The third-order valence-corrected chi connectivity index (χ3v) is 5.82. The molecule has 3 aromatic rings. The molecule has 0 spiro atoms. The summed E-state index contributed by atoms with van der Waals surface area (Å²) < 4.78 is 0.952. The van der Waals surface area contributed by atoms with Crippen LogP contribution in [0.15, 0.2) is 71.2 Å². The lowest BCUT2D eigenvalue weighted by molar-refractivity contribution is -0.121. The van der Waals surface area contributed by atoms with Gasteiger partial charge in [0.05, 0.1) is 0 Å². The van der Waals surface area contributed by atoms with E-state index >= 15 is 0 Å². The van der Waals surface area contributed by atoms with Crippen LogP contribution < -0.4 is 5.32 Å². The highest BCUT2D eigenvalue weighted by molar-refractivity contribution is 9.10. The van der Waals surface area contributed by atoms with Gasteiger partial charge in [0, 0.05) is 40.1 Å². The average molecular weight is 437 g/mol. The van der Waals surface area contributed by atoms with Crippen molar-refractivity contribution >= 4 is 44.2 Å². The first kappa shape index (κ1) is 18.7. The molecule has 142 valence electrons. The van der Waals surface area contributed by atoms with Gasteiger partial charge in [-0.15, -0.1) is 0 Å². The Bertz CT molecular complexity index is 1000. The largest absolute Gasteiger partial charge is 0.339 e. The predicted octanol–water partition coefficient (Wildman–Crippen LogP) is 5.09. The molecule has 0 unspecified atom stereocenters. The van der Waals surface area contributed by atoms with E-state index in [9.17, 15) is 9.59 Å². The van der Waals surface area contributed by atoms with Crippen LogP contribution in [0.4, 0.5) is 5.69 Å². The lowest BCUT2D eigenvalue weighted by Crippen LogP contribution is -2.41. The highest BCUT2D eigenvalue weighted by atomic mass is 79.9. The second-order valence-electron chi connectivity index (χ2n) is 7.09. The number of hydrogen-bond donors (Lipinski definition) is 1. The number of fused-ring (bicyclic) bond motifs is 1. The second-order valence-corrected chi connectivity index (χ2v) is 8.01. The first-order chi connectivity index (χ1) is 13.6. The number of halogens is 1. The maximum Gasteiger partial charge on any atom is 0.253 e. The van der Waals surface area contributed by atoms with Crippen molar-refractivity contribution in [3.8, 4) is 0 Å². The van der Waals surface area contributed by atoms with Gasteiger partial charge in [-0.1, -0.05) is 52.3 Å². The molecule has 2 amide bonds. The Balaban J connectivity index is 1.38. The number of nitrogens with one attached hydrogen (secondary N) is 1. The van der Waals surface area contributed by atoms with Crippen LogP contribution in [0.2, 0.25) is 0 Å². The summed E-state index contributed by atoms with van der Waals surface area (Å²) in [6.07, 6.45) is 1.36.